The summed E-state index contributed by atoms with van der Waals surface area (Å²) in [6.07, 6.45) is 1.98. The zero-order valence-corrected chi connectivity index (χ0v) is 9.58. The average Bonchev–Trinajstić information content (AvgIpc) is 2.33. The third-order valence-electron chi connectivity index (χ3n) is 2.50. The Bertz CT molecular complexity index is 798. The van der Waals surface area contributed by atoms with E-state index in [0.717, 1.165) is 4.57 Å². The number of allylic oxidation sites excluding steroid dienone is 1. The van der Waals surface area contributed by atoms with Crippen LogP contribution in [0.3, 0.4) is 0 Å². The first kappa shape index (κ1) is 11.8. The van der Waals surface area contributed by atoms with Crippen molar-refractivity contribution in [1.82, 2.24) is 14.6 Å². The van der Waals surface area contributed by atoms with Gasteiger partial charge in [0, 0.05) is 14.1 Å². The number of fused-ring (bicyclic) bond motifs is 1. The lowest BCUT2D eigenvalue weighted by Crippen LogP contribution is -2.58. The van der Waals surface area contributed by atoms with Gasteiger partial charge in [-0.2, -0.15) is 5.10 Å². The van der Waals surface area contributed by atoms with Crippen LogP contribution in [-0.2, 0) is 14.1 Å². The Morgan fingerprint density at radius 2 is 2.06 bits per heavy atom. The Hall–Kier alpha value is -2.71. The van der Waals surface area contributed by atoms with Crippen molar-refractivity contribution < 1.29 is 4.92 Å². The lowest BCUT2D eigenvalue weighted by atomic mass is 10.3. The fourth-order valence-electron chi connectivity index (χ4n) is 1.61. The van der Waals surface area contributed by atoms with Crippen molar-refractivity contribution in [3.8, 4) is 0 Å². The largest absolute Gasteiger partial charge is 0.332 e. The maximum atomic E-state index is 11.9. The van der Waals surface area contributed by atoms with Gasteiger partial charge in [0.15, 0.2) is 5.49 Å². The smallest absolute Gasteiger partial charge is 0.279 e. The van der Waals surface area contributed by atoms with E-state index in [-0.39, 0.29) is 16.4 Å². The Morgan fingerprint density at radius 3 is 2.67 bits per heavy atom. The Kier molecular flexibility index (Phi) is 2.58. The molecule has 9 heteroatoms. The van der Waals surface area contributed by atoms with Crippen LogP contribution in [0.2, 0.25) is 0 Å². The summed E-state index contributed by atoms with van der Waals surface area (Å²) in [5, 5.41) is 14.3. The van der Waals surface area contributed by atoms with E-state index in [9.17, 15) is 19.7 Å². The molecule has 0 radical (unpaired) electrons. The van der Waals surface area contributed by atoms with Crippen molar-refractivity contribution in [2.45, 2.75) is 0 Å². The first-order chi connectivity index (χ1) is 8.41. The van der Waals surface area contributed by atoms with Crippen LogP contribution in [0, 0.1) is 10.1 Å². The first-order valence-corrected chi connectivity index (χ1v) is 4.88. The normalized spacial score (nSPS) is 15.3. The molecule has 1 aliphatic heterocycles. The lowest BCUT2D eigenvalue weighted by molar-refractivity contribution is -0.403. The molecule has 1 N–H and O–H groups in total. The van der Waals surface area contributed by atoms with Crippen molar-refractivity contribution in [2.75, 3.05) is 0 Å². The summed E-state index contributed by atoms with van der Waals surface area (Å²) in [5.74, 6) is 0. The molecule has 18 heavy (non-hydrogen) atoms. The van der Waals surface area contributed by atoms with E-state index in [4.69, 9.17) is 0 Å². The molecule has 0 saturated carbocycles. The number of hydrogen-bond acceptors (Lipinski definition) is 6. The molecule has 1 aromatic rings. The van der Waals surface area contributed by atoms with E-state index in [2.05, 4.69) is 10.5 Å². The Balaban J connectivity index is 2.90. The van der Waals surface area contributed by atoms with Crippen molar-refractivity contribution in [2.24, 2.45) is 19.2 Å². The predicted octanol–water partition coefficient (Wildman–Crippen LogP) is -2.88. The molecule has 0 fully saturated rings. The van der Waals surface area contributed by atoms with Crippen LogP contribution in [0.15, 0.2) is 26.6 Å². The van der Waals surface area contributed by atoms with Crippen LogP contribution in [0.25, 0.3) is 6.08 Å². The Morgan fingerprint density at radius 1 is 1.39 bits per heavy atom. The minimum Gasteiger partial charge on any atom is -0.279 e. The standard InChI is InChI=1S/C9H9N5O4/c1-12-7-6(8(15)13(2)9(12)16)3-5(10-11-7)4-14(17)18/h3-4,10H,1-2H3/b5-4+. The SMILES string of the molecule is Cn1c(=O)c2c(n(C)c1=O)=NN/C(=C/[N+](=O)[O-])C=2. The molecule has 2 heterocycles. The molecule has 0 amide bonds. The first-order valence-electron chi connectivity index (χ1n) is 4.88. The van der Waals surface area contributed by atoms with Gasteiger partial charge in [0.25, 0.3) is 11.8 Å². The summed E-state index contributed by atoms with van der Waals surface area (Å²) in [6.45, 7) is 0. The molecule has 0 unspecified atom stereocenters. The highest BCUT2D eigenvalue weighted by molar-refractivity contribution is 5.44. The molecule has 1 aromatic heterocycles. The minimum atomic E-state index is -0.661. The predicted molar refractivity (Wildman–Crippen MR) is 60.4 cm³/mol. The van der Waals surface area contributed by atoms with Gasteiger partial charge in [-0.15, -0.1) is 0 Å². The monoisotopic (exact) mass is 251 g/mol. The van der Waals surface area contributed by atoms with Crippen LogP contribution >= 0.6 is 0 Å². The summed E-state index contributed by atoms with van der Waals surface area (Å²) in [5.41, 5.74) is 1.55. The molecule has 9 nitrogen and oxygen atoms in total. The second kappa shape index (κ2) is 3.95. The fourth-order valence-corrected chi connectivity index (χ4v) is 1.61. The van der Waals surface area contributed by atoms with Crippen molar-refractivity contribution >= 4 is 6.08 Å². The maximum Gasteiger partial charge on any atom is 0.332 e. The van der Waals surface area contributed by atoms with Gasteiger partial charge in [0.05, 0.1) is 10.1 Å². The van der Waals surface area contributed by atoms with Gasteiger partial charge in [-0.25, -0.2) is 4.79 Å². The van der Waals surface area contributed by atoms with Crippen molar-refractivity contribution in [1.29, 1.82) is 0 Å². The zero-order chi connectivity index (χ0) is 13.4. The van der Waals surface area contributed by atoms with Crippen LogP contribution in [0.4, 0.5) is 0 Å². The van der Waals surface area contributed by atoms with Crippen molar-refractivity contribution in [3.05, 3.63) is 53.6 Å². The molecule has 0 aromatic carbocycles. The summed E-state index contributed by atoms with van der Waals surface area (Å²) in [4.78, 5) is 33.2. The third-order valence-corrected chi connectivity index (χ3v) is 2.50. The highest BCUT2D eigenvalue weighted by Gasteiger charge is 2.11. The van der Waals surface area contributed by atoms with Gasteiger partial charge in [0.1, 0.15) is 5.70 Å². The second-order valence-corrected chi connectivity index (χ2v) is 3.68. The number of nitrogens with one attached hydrogen (secondary N) is 1. The number of rotatable bonds is 1. The maximum absolute atomic E-state index is 11.9. The molecule has 0 aliphatic carbocycles. The summed E-state index contributed by atoms with van der Waals surface area (Å²) in [7, 11) is 2.79. The highest BCUT2D eigenvalue weighted by Crippen LogP contribution is 1.91. The van der Waals surface area contributed by atoms with E-state index in [1.165, 1.54) is 24.7 Å². The molecular weight excluding hydrogens is 242 g/mol. The van der Waals surface area contributed by atoms with Gasteiger partial charge in [-0.1, -0.05) is 0 Å². The van der Waals surface area contributed by atoms with E-state index < -0.39 is 16.2 Å². The molecule has 0 spiro atoms. The van der Waals surface area contributed by atoms with E-state index in [1.807, 2.05) is 0 Å². The molecule has 1 aliphatic rings. The summed E-state index contributed by atoms with van der Waals surface area (Å²) < 4.78 is 2.10. The molecular formula is C9H9N5O4. The number of nitrogens with zero attached hydrogens (tertiary/aromatic N) is 4. The van der Waals surface area contributed by atoms with Crippen LogP contribution < -0.4 is 27.4 Å². The van der Waals surface area contributed by atoms with E-state index in [0.29, 0.717) is 6.20 Å². The van der Waals surface area contributed by atoms with E-state index in [1.54, 1.807) is 0 Å². The lowest BCUT2D eigenvalue weighted by Gasteiger charge is -2.08. The number of aromatic nitrogens is 2. The zero-order valence-electron chi connectivity index (χ0n) is 9.58. The van der Waals surface area contributed by atoms with Gasteiger partial charge in [-0.05, 0) is 6.08 Å². The van der Waals surface area contributed by atoms with Gasteiger partial charge in [0.2, 0.25) is 0 Å². The molecule has 94 valence electrons. The van der Waals surface area contributed by atoms with Gasteiger partial charge < -0.3 is 0 Å². The topological polar surface area (TPSA) is 112 Å². The Labute approximate surface area is 99.1 Å². The highest BCUT2D eigenvalue weighted by atomic mass is 16.6. The number of hydrogen-bond donors (Lipinski definition) is 1. The molecule has 0 bridgehead atoms. The van der Waals surface area contributed by atoms with Crippen LogP contribution in [0.1, 0.15) is 0 Å². The quantitative estimate of drug-likeness (QED) is 0.425. The van der Waals surface area contributed by atoms with Crippen molar-refractivity contribution in [3.63, 3.8) is 0 Å². The van der Waals surface area contributed by atoms with Crippen LogP contribution in [0.5, 0.6) is 0 Å². The van der Waals surface area contributed by atoms with Gasteiger partial charge in [-0.3, -0.25) is 29.5 Å². The molecule has 2 rings (SSSR count). The number of nitro groups is 1. The minimum absolute atomic E-state index is 0.0725. The van der Waals surface area contributed by atoms with Crippen LogP contribution in [-0.4, -0.2) is 14.1 Å². The summed E-state index contributed by atoms with van der Waals surface area (Å²) in [6, 6.07) is 0. The third kappa shape index (κ3) is 1.71. The van der Waals surface area contributed by atoms with E-state index >= 15 is 0 Å². The fraction of sp³-hybridized carbons (Fsp3) is 0.222. The second-order valence-electron chi connectivity index (χ2n) is 3.68. The summed E-state index contributed by atoms with van der Waals surface area (Å²) >= 11 is 0. The molecule has 0 saturated heterocycles. The van der Waals surface area contributed by atoms with Gasteiger partial charge >= 0.3 is 5.69 Å². The molecule has 0 atom stereocenters. The average molecular weight is 251 g/mol.